The van der Waals surface area contributed by atoms with Crippen molar-refractivity contribution in [1.29, 1.82) is 0 Å². The van der Waals surface area contributed by atoms with Gasteiger partial charge in [0.05, 0.1) is 23.6 Å². The number of nitrogens with one attached hydrogen (secondary N) is 2. The van der Waals surface area contributed by atoms with E-state index in [1.807, 2.05) is 24.3 Å². The third kappa shape index (κ3) is 4.23. The molecule has 0 unspecified atom stereocenters. The van der Waals surface area contributed by atoms with Crippen molar-refractivity contribution in [3.8, 4) is 22.9 Å². The summed E-state index contributed by atoms with van der Waals surface area (Å²) in [4.78, 5) is 37.6. The van der Waals surface area contributed by atoms with Gasteiger partial charge >= 0.3 is 5.97 Å². The average Bonchev–Trinajstić information content (AvgIpc) is 3.70. The van der Waals surface area contributed by atoms with Crippen molar-refractivity contribution in [3.63, 3.8) is 0 Å². The summed E-state index contributed by atoms with van der Waals surface area (Å²) >= 11 is 0. The molecule has 37 heavy (non-hydrogen) atoms. The molecule has 0 radical (unpaired) electrons. The number of hydrogen-bond acceptors (Lipinski definition) is 6. The number of aromatic nitrogens is 3. The highest BCUT2D eigenvalue weighted by molar-refractivity contribution is 5.99. The van der Waals surface area contributed by atoms with Crippen molar-refractivity contribution in [1.82, 2.24) is 20.3 Å². The number of furan rings is 2. The van der Waals surface area contributed by atoms with Gasteiger partial charge in [-0.2, -0.15) is 0 Å². The van der Waals surface area contributed by atoms with Gasteiger partial charge in [-0.25, -0.2) is 14.8 Å². The van der Waals surface area contributed by atoms with E-state index in [9.17, 15) is 14.7 Å². The molecule has 1 atom stereocenters. The minimum absolute atomic E-state index is 0.133. The maximum Gasteiger partial charge on any atom is 0.326 e. The molecule has 9 nitrogen and oxygen atoms in total. The van der Waals surface area contributed by atoms with Crippen molar-refractivity contribution in [2.75, 3.05) is 0 Å². The molecule has 2 aromatic carbocycles. The van der Waals surface area contributed by atoms with Gasteiger partial charge in [-0.3, -0.25) is 4.79 Å². The second-order valence-corrected chi connectivity index (χ2v) is 8.51. The molecule has 0 aliphatic heterocycles. The molecule has 0 saturated carbocycles. The number of rotatable bonds is 7. The van der Waals surface area contributed by atoms with Gasteiger partial charge < -0.3 is 24.2 Å². The van der Waals surface area contributed by atoms with Gasteiger partial charge in [0, 0.05) is 29.1 Å². The molecule has 4 aromatic heterocycles. The number of fused-ring (bicyclic) bond motifs is 2. The lowest BCUT2D eigenvalue weighted by Crippen LogP contribution is -2.42. The highest BCUT2D eigenvalue weighted by Gasteiger charge is 2.23. The number of aliphatic carboxylic acids is 1. The third-order valence-electron chi connectivity index (χ3n) is 6.14. The smallest absolute Gasteiger partial charge is 0.326 e. The standard InChI is InChI=1S/C28H20N4O5/c33-27(32-22(28(34)35)14-17-15-29-19-6-2-1-5-18(17)19)16-9-10-20-21(13-16)31-26(24-8-4-12-37-24)25(30-20)23-7-3-11-36-23/h1-13,15,22,29H,14H2,(H,32,33)(H,34,35)/t22-/m0/s1. The van der Waals surface area contributed by atoms with E-state index in [1.165, 1.54) is 6.26 Å². The number of benzene rings is 2. The van der Waals surface area contributed by atoms with E-state index in [0.29, 0.717) is 33.9 Å². The monoisotopic (exact) mass is 492 g/mol. The predicted octanol–water partition coefficient (Wildman–Crippen LogP) is 5.06. The van der Waals surface area contributed by atoms with Gasteiger partial charge in [0.25, 0.3) is 5.91 Å². The second kappa shape index (κ2) is 9.12. The molecular formula is C28H20N4O5. The second-order valence-electron chi connectivity index (χ2n) is 8.51. The SMILES string of the molecule is O=C(N[C@@H](Cc1c[nH]c2ccccc12)C(=O)O)c1ccc2nc(-c3ccco3)c(-c3ccco3)nc2c1. The molecule has 0 spiro atoms. The van der Waals surface area contributed by atoms with E-state index >= 15 is 0 Å². The number of H-pyrrole nitrogens is 1. The lowest BCUT2D eigenvalue weighted by molar-refractivity contribution is -0.139. The van der Waals surface area contributed by atoms with E-state index in [1.54, 1.807) is 54.9 Å². The topological polar surface area (TPSA) is 134 Å². The predicted molar refractivity (Wildman–Crippen MR) is 136 cm³/mol. The summed E-state index contributed by atoms with van der Waals surface area (Å²) in [6.45, 7) is 0. The van der Waals surface area contributed by atoms with Crippen molar-refractivity contribution in [3.05, 3.63) is 96.6 Å². The van der Waals surface area contributed by atoms with Crippen molar-refractivity contribution >= 4 is 33.8 Å². The van der Waals surface area contributed by atoms with Crippen LogP contribution in [0.3, 0.4) is 0 Å². The molecule has 4 heterocycles. The zero-order valence-corrected chi connectivity index (χ0v) is 19.3. The van der Waals surface area contributed by atoms with Gasteiger partial charge in [-0.05, 0) is 54.1 Å². The largest absolute Gasteiger partial charge is 0.480 e. The van der Waals surface area contributed by atoms with Crippen LogP contribution in [0.25, 0.3) is 44.8 Å². The van der Waals surface area contributed by atoms with Crippen LogP contribution < -0.4 is 5.32 Å². The Hall–Kier alpha value is -5.18. The molecule has 1 amide bonds. The maximum absolute atomic E-state index is 13.1. The Bertz CT molecular complexity index is 1740. The number of amides is 1. The fourth-order valence-corrected chi connectivity index (χ4v) is 4.33. The summed E-state index contributed by atoms with van der Waals surface area (Å²) in [5, 5.41) is 13.4. The van der Waals surface area contributed by atoms with Crippen LogP contribution in [0.1, 0.15) is 15.9 Å². The third-order valence-corrected chi connectivity index (χ3v) is 6.14. The van der Waals surface area contributed by atoms with E-state index in [-0.39, 0.29) is 12.0 Å². The lowest BCUT2D eigenvalue weighted by Gasteiger charge is -2.15. The van der Waals surface area contributed by atoms with Crippen LogP contribution in [-0.4, -0.2) is 38.0 Å². The van der Waals surface area contributed by atoms with Crippen LogP contribution in [-0.2, 0) is 11.2 Å². The van der Waals surface area contributed by atoms with Crippen LogP contribution in [0.2, 0.25) is 0 Å². The quantitative estimate of drug-likeness (QED) is 0.284. The number of carbonyl (C=O) groups excluding carboxylic acids is 1. The molecule has 0 bridgehead atoms. The molecule has 0 saturated heterocycles. The van der Waals surface area contributed by atoms with Crippen molar-refractivity contribution < 1.29 is 23.5 Å². The van der Waals surface area contributed by atoms with E-state index in [0.717, 1.165) is 16.5 Å². The summed E-state index contributed by atoms with van der Waals surface area (Å²) in [6, 6.07) is 18.4. The number of nitrogens with zero attached hydrogens (tertiary/aromatic N) is 2. The first-order valence-electron chi connectivity index (χ1n) is 11.5. The minimum Gasteiger partial charge on any atom is -0.480 e. The summed E-state index contributed by atoms with van der Waals surface area (Å²) in [7, 11) is 0. The van der Waals surface area contributed by atoms with Gasteiger partial charge in [-0.1, -0.05) is 18.2 Å². The number of carboxylic acid groups (broad SMARTS) is 1. The first kappa shape index (κ1) is 22.3. The summed E-state index contributed by atoms with van der Waals surface area (Å²) in [5.41, 5.74) is 3.96. The molecular weight excluding hydrogens is 472 g/mol. The normalized spacial score (nSPS) is 12.1. The lowest BCUT2D eigenvalue weighted by atomic mass is 10.0. The van der Waals surface area contributed by atoms with Crippen LogP contribution in [0.15, 0.2) is 94.3 Å². The van der Waals surface area contributed by atoms with Crippen molar-refractivity contribution in [2.45, 2.75) is 12.5 Å². The van der Waals surface area contributed by atoms with E-state index in [4.69, 9.17) is 18.8 Å². The van der Waals surface area contributed by atoms with Gasteiger partial charge in [0.15, 0.2) is 11.5 Å². The Kier molecular flexibility index (Phi) is 5.49. The Morgan fingerprint density at radius 1 is 0.892 bits per heavy atom. The van der Waals surface area contributed by atoms with E-state index < -0.39 is 17.9 Å². The number of hydrogen-bond donors (Lipinski definition) is 3. The van der Waals surface area contributed by atoms with Crippen LogP contribution in [0.4, 0.5) is 0 Å². The van der Waals surface area contributed by atoms with Crippen LogP contribution >= 0.6 is 0 Å². The zero-order chi connectivity index (χ0) is 25.4. The molecule has 6 rings (SSSR count). The van der Waals surface area contributed by atoms with Crippen LogP contribution in [0, 0.1) is 0 Å². The molecule has 0 aliphatic carbocycles. The van der Waals surface area contributed by atoms with Gasteiger partial charge in [-0.15, -0.1) is 0 Å². The molecule has 0 fully saturated rings. The van der Waals surface area contributed by atoms with Gasteiger partial charge in [0.1, 0.15) is 17.4 Å². The number of carbonyl (C=O) groups is 2. The molecule has 3 N–H and O–H groups in total. The average molecular weight is 492 g/mol. The maximum atomic E-state index is 13.1. The molecule has 182 valence electrons. The molecule has 9 heteroatoms. The zero-order valence-electron chi connectivity index (χ0n) is 19.3. The summed E-state index contributed by atoms with van der Waals surface area (Å²) in [6.07, 6.45) is 4.99. The number of aromatic amines is 1. The van der Waals surface area contributed by atoms with Gasteiger partial charge in [0.2, 0.25) is 0 Å². The van der Waals surface area contributed by atoms with Crippen molar-refractivity contribution in [2.24, 2.45) is 0 Å². The highest BCUT2D eigenvalue weighted by atomic mass is 16.4. The molecule has 6 aromatic rings. The summed E-state index contributed by atoms with van der Waals surface area (Å²) < 4.78 is 11.1. The fraction of sp³-hybridized carbons (Fsp3) is 0.0714. The number of para-hydroxylation sites is 1. The van der Waals surface area contributed by atoms with Crippen LogP contribution in [0.5, 0.6) is 0 Å². The Balaban J connectivity index is 1.32. The Morgan fingerprint density at radius 2 is 1.59 bits per heavy atom. The highest BCUT2D eigenvalue weighted by Crippen LogP contribution is 2.31. The first-order valence-corrected chi connectivity index (χ1v) is 11.5. The minimum atomic E-state index is -1.12. The summed E-state index contributed by atoms with van der Waals surface area (Å²) in [5.74, 6) is -0.613. The van der Waals surface area contributed by atoms with E-state index in [2.05, 4.69) is 10.3 Å². The first-order chi connectivity index (χ1) is 18.1. The Labute approximate surface area is 209 Å². The Morgan fingerprint density at radius 3 is 2.27 bits per heavy atom. The fourth-order valence-electron chi connectivity index (χ4n) is 4.33. The molecule has 0 aliphatic rings. The number of carboxylic acids is 1.